The number of aromatic nitrogens is 3. The number of imidazole rings is 1. The van der Waals surface area contributed by atoms with Gasteiger partial charge in [0.1, 0.15) is 6.54 Å². The topological polar surface area (TPSA) is 69.0 Å². The van der Waals surface area contributed by atoms with Gasteiger partial charge < -0.3 is 14.6 Å². The zero-order valence-electron chi connectivity index (χ0n) is 14.6. The fourth-order valence-corrected chi connectivity index (χ4v) is 3.20. The van der Waals surface area contributed by atoms with Gasteiger partial charge in [0.05, 0.1) is 17.6 Å². The number of nitrogens with zero attached hydrogens (tertiary/aromatic N) is 3. The molecule has 6 nitrogen and oxygen atoms in total. The van der Waals surface area contributed by atoms with Crippen molar-refractivity contribution in [2.45, 2.75) is 30.9 Å². The maximum Gasteiger partial charge on any atom is 0.291 e. The molecular formula is C18H18F2N4O2S. The van der Waals surface area contributed by atoms with Gasteiger partial charge in [-0.1, -0.05) is 18.2 Å². The van der Waals surface area contributed by atoms with Crippen LogP contribution in [0.1, 0.15) is 12.5 Å². The van der Waals surface area contributed by atoms with Gasteiger partial charge in [0.2, 0.25) is 11.8 Å². The van der Waals surface area contributed by atoms with Crippen LogP contribution in [0.15, 0.2) is 47.8 Å². The van der Waals surface area contributed by atoms with E-state index in [1.807, 2.05) is 13.0 Å². The maximum atomic E-state index is 12.8. The van der Waals surface area contributed by atoms with Crippen molar-refractivity contribution in [3.05, 3.63) is 48.2 Å². The lowest BCUT2D eigenvalue weighted by atomic mass is 10.2. The van der Waals surface area contributed by atoms with Crippen molar-refractivity contribution in [2.24, 2.45) is 0 Å². The smallest absolute Gasteiger partial charge is 0.291 e. The molecule has 0 atom stereocenters. The van der Waals surface area contributed by atoms with Crippen LogP contribution in [0.2, 0.25) is 0 Å². The molecule has 2 aromatic heterocycles. The molecule has 0 aliphatic heterocycles. The van der Waals surface area contributed by atoms with Crippen molar-refractivity contribution in [1.29, 1.82) is 0 Å². The summed E-state index contributed by atoms with van der Waals surface area (Å²) in [5, 5.41) is 2.89. The van der Waals surface area contributed by atoms with Gasteiger partial charge in [0, 0.05) is 18.3 Å². The average Bonchev–Trinajstić information content (AvgIpc) is 2.98. The van der Waals surface area contributed by atoms with Crippen LogP contribution in [0.25, 0.3) is 11.0 Å². The first-order valence-corrected chi connectivity index (χ1v) is 9.20. The molecule has 3 aromatic rings. The second-order valence-electron chi connectivity index (χ2n) is 5.53. The molecule has 2 heterocycles. The number of fused-ring (bicyclic) bond motifs is 1. The van der Waals surface area contributed by atoms with Crippen LogP contribution >= 0.6 is 11.8 Å². The molecule has 3 rings (SSSR count). The number of rotatable bonds is 8. The average molecular weight is 392 g/mol. The van der Waals surface area contributed by atoms with Gasteiger partial charge in [-0.2, -0.15) is 8.78 Å². The van der Waals surface area contributed by atoms with Crippen LogP contribution in [-0.4, -0.2) is 32.8 Å². The van der Waals surface area contributed by atoms with E-state index in [-0.39, 0.29) is 24.2 Å². The van der Waals surface area contributed by atoms with Crippen LogP contribution in [-0.2, 0) is 17.9 Å². The number of nitrogens with one attached hydrogen (secondary N) is 1. The Labute approximate surface area is 158 Å². The molecule has 0 radical (unpaired) electrons. The molecule has 0 saturated heterocycles. The van der Waals surface area contributed by atoms with Crippen molar-refractivity contribution in [1.82, 2.24) is 19.9 Å². The minimum atomic E-state index is -2.62. The number of amides is 1. The highest BCUT2D eigenvalue weighted by molar-refractivity contribution is 7.99. The zero-order chi connectivity index (χ0) is 19.2. The summed E-state index contributed by atoms with van der Waals surface area (Å²) in [4.78, 5) is 20.7. The van der Waals surface area contributed by atoms with E-state index in [0.29, 0.717) is 35.3 Å². The number of halogens is 2. The van der Waals surface area contributed by atoms with Crippen LogP contribution in [0.4, 0.5) is 8.78 Å². The van der Waals surface area contributed by atoms with Gasteiger partial charge in [-0.05, 0) is 36.9 Å². The van der Waals surface area contributed by atoms with Crippen LogP contribution in [0, 0.1) is 0 Å². The summed E-state index contributed by atoms with van der Waals surface area (Å²) in [6, 6.07) is 10.6. The highest BCUT2D eigenvalue weighted by atomic mass is 32.2. The second-order valence-corrected chi connectivity index (χ2v) is 6.48. The summed E-state index contributed by atoms with van der Waals surface area (Å²) >= 11 is 0.325. The van der Waals surface area contributed by atoms with Crippen LogP contribution < -0.4 is 10.1 Å². The van der Waals surface area contributed by atoms with Crippen molar-refractivity contribution in [3.63, 3.8) is 0 Å². The molecule has 0 unspecified atom stereocenters. The first kappa shape index (κ1) is 19.1. The standard InChI is InChI=1S/C18H18F2N4O2S/c1-2-26-16-12(6-5-9-21-16)10-22-15(25)11-24-14-8-4-3-7-13(14)23-18(24)27-17(19)20/h3-9,17H,2,10-11H2,1H3,(H,22,25). The Kier molecular flexibility index (Phi) is 6.23. The number of para-hydroxylation sites is 2. The van der Waals surface area contributed by atoms with E-state index >= 15 is 0 Å². The Bertz CT molecular complexity index is 933. The molecule has 27 heavy (non-hydrogen) atoms. The summed E-state index contributed by atoms with van der Waals surface area (Å²) in [7, 11) is 0. The lowest BCUT2D eigenvalue weighted by Crippen LogP contribution is -2.27. The molecular weight excluding hydrogens is 374 g/mol. The van der Waals surface area contributed by atoms with Crippen molar-refractivity contribution in [2.75, 3.05) is 6.61 Å². The predicted molar refractivity (Wildman–Crippen MR) is 98.8 cm³/mol. The number of hydrogen-bond donors (Lipinski definition) is 1. The minimum Gasteiger partial charge on any atom is -0.478 e. The number of benzene rings is 1. The van der Waals surface area contributed by atoms with Crippen molar-refractivity contribution < 1.29 is 18.3 Å². The van der Waals surface area contributed by atoms with E-state index in [0.717, 1.165) is 5.56 Å². The molecule has 1 aromatic carbocycles. The maximum absolute atomic E-state index is 12.8. The highest BCUT2D eigenvalue weighted by Gasteiger charge is 2.18. The van der Waals surface area contributed by atoms with Gasteiger partial charge in [-0.25, -0.2) is 9.97 Å². The summed E-state index contributed by atoms with van der Waals surface area (Å²) in [5.74, 6) is -2.48. The number of alkyl halides is 2. The van der Waals surface area contributed by atoms with E-state index in [1.54, 1.807) is 36.5 Å². The number of hydrogen-bond acceptors (Lipinski definition) is 5. The lowest BCUT2D eigenvalue weighted by Gasteiger charge is -2.11. The first-order valence-electron chi connectivity index (χ1n) is 8.32. The Morgan fingerprint density at radius 1 is 1.30 bits per heavy atom. The van der Waals surface area contributed by atoms with Crippen LogP contribution in [0.3, 0.4) is 0 Å². The minimum absolute atomic E-state index is 0.109. The third kappa shape index (κ3) is 4.73. The third-order valence-corrected chi connectivity index (χ3v) is 4.42. The summed E-state index contributed by atoms with van der Waals surface area (Å²) in [6.07, 6.45) is 1.61. The molecule has 142 valence electrons. The fraction of sp³-hybridized carbons (Fsp3) is 0.278. The summed E-state index contributed by atoms with van der Waals surface area (Å²) in [5.41, 5.74) is 1.94. The summed E-state index contributed by atoms with van der Waals surface area (Å²) < 4.78 is 32.6. The monoisotopic (exact) mass is 392 g/mol. The van der Waals surface area contributed by atoms with Gasteiger partial charge in [0.25, 0.3) is 5.76 Å². The number of carbonyl (C=O) groups is 1. The molecule has 1 amide bonds. The summed E-state index contributed by atoms with van der Waals surface area (Å²) in [6.45, 7) is 2.43. The van der Waals surface area contributed by atoms with Gasteiger partial charge in [0.15, 0.2) is 5.16 Å². The first-order chi connectivity index (χ1) is 13.1. The molecule has 0 aliphatic carbocycles. The number of thioether (sulfide) groups is 1. The molecule has 0 fully saturated rings. The highest BCUT2D eigenvalue weighted by Crippen LogP contribution is 2.28. The normalized spacial score (nSPS) is 11.1. The van der Waals surface area contributed by atoms with Gasteiger partial charge >= 0.3 is 0 Å². The lowest BCUT2D eigenvalue weighted by molar-refractivity contribution is -0.121. The molecule has 9 heteroatoms. The fourth-order valence-electron chi connectivity index (χ4n) is 2.59. The predicted octanol–water partition coefficient (Wildman–Crippen LogP) is 3.46. The van der Waals surface area contributed by atoms with E-state index in [2.05, 4.69) is 15.3 Å². The Hall–Kier alpha value is -2.68. The van der Waals surface area contributed by atoms with Crippen LogP contribution in [0.5, 0.6) is 5.88 Å². The Morgan fingerprint density at radius 3 is 2.89 bits per heavy atom. The zero-order valence-corrected chi connectivity index (χ0v) is 15.4. The Morgan fingerprint density at radius 2 is 2.11 bits per heavy atom. The molecule has 0 aliphatic rings. The van der Waals surface area contributed by atoms with E-state index in [1.165, 1.54) is 4.57 Å². The molecule has 1 N–H and O–H groups in total. The third-order valence-electron chi connectivity index (χ3n) is 3.72. The van der Waals surface area contributed by atoms with Gasteiger partial charge in [-0.15, -0.1) is 0 Å². The second kappa shape index (κ2) is 8.81. The molecule has 0 bridgehead atoms. The van der Waals surface area contributed by atoms with Gasteiger partial charge in [-0.3, -0.25) is 4.79 Å². The molecule has 0 spiro atoms. The molecule has 0 saturated carbocycles. The van der Waals surface area contributed by atoms with Crippen molar-refractivity contribution in [3.8, 4) is 5.88 Å². The van der Waals surface area contributed by atoms with E-state index in [9.17, 15) is 13.6 Å². The van der Waals surface area contributed by atoms with E-state index < -0.39 is 5.76 Å². The quantitative estimate of drug-likeness (QED) is 0.595. The number of carbonyl (C=O) groups excluding carboxylic acids is 1. The Balaban J connectivity index is 1.74. The largest absolute Gasteiger partial charge is 0.478 e. The number of ether oxygens (including phenoxy) is 1. The SMILES string of the molecule is CCOc1ncccc1CNC(=O)Cn1c(SC(F)F)nc2ccccc21. The van der Waals surface area contributed by atoms with E-state index in [4.69, 9.17) is 4.74 Å². The number of pyridine rings is 1. The van der Waals surface area contributed by atoms with Crippen molar-refractivity contribution >= 4 is 28.7 Å².